The molecule has 0 aliphatic heterocycles. The number of nitrogens with zero attached hydrogens (tertiary/aromatic N) is 3. The van der Waals surface area contributed by atoms with E-state index in [-0.39, 0.29) is 0 Å². The number of aromatic nitrogens is 3. The van der Waals surface area contributed by atoms with Crippen LogP contribution in [-0.2, 0) is 13.5 Å². The number of aryl methyl sites for hydroxylation is 3. The molecule has 0 saturated carbocycles. The standard InChI is InChI=1S/C14H20N4/c1-11-5-4-9-16-14(11)13(15-2)7-6-12-8-10-17-18(12)3/h4-5,8-10,13,15H,6-7H2,1-3H3. The Morgan fingerprint density at radius 1 is 1.33 bits per heavy atom. The lowest BCUT2D eigenvalue weighted by Crippen LogP contribution is -2.19. The van der Waals surface area contributed by atoms with Crippen LogP contribution >= 0.6 is 0 Å². The van der Waals surface area contributed by atoms with Crippen molar-refractivity contribution in [2.45, 2.75) is 25.8 Å². The van der Waals surface area contributed by atoms with E-state index in [0.29, 0.717) is 6.04 Å². The van der Waals surface area contributed by atoms with Crippen molar-refractivity contribution in [3.8, 4) is 0 Å². The lowest BCUT2D eigenvalue weighted by Gasteiger charge is -2.17. The van der Waals surface area contributed by atoms with Crippen molar-refractivity contribution in [1.82, 2.24) is 20.1 Å². The Kier molecular flexibility index (Phi) is 4.10. The zero-order valence-electron chi connectivity index (χ0n) is 11.2. The Hall–Kier alpha value is -1.68. The number of pyridine rings is 1. The lowest BCUT2D eigenvalue weighted by molar-refractivity contribution is 0.521. The molecule has 18 heavy (non-hydrogen) atoms. The van der Waals surface area contributed by atoms with E-state index in [4.69, 9.17) is 0 Å². The van der Waals surface area contributed by atoms with Crippen LogP contribution in [0, 0.1) is 6.92 Å². The molecule has 1 atom stereocenters. The van der Waals surface area contributed by atoms with Crippen LogP contribution in [-0.4, -0.2) is 21.8 Å². The average Bonchev–Trinajstić information content (AvgIpc) is 2.78. The third kappa shape index (κ3) is 2.76. The molecule has 1 unspecified atom stereocenters. The molecule has 0 spiro atoms. The highest BCUT2D eigenvalue weighted by atomic mass is 15.2. The van der Waals surface area contributed by atoms with Crippen LogP contribution in [0.2, 0.25) is 0 Å². The molecule has 4 nitrogen and oxygen atoms in total. The Morgan fingerprint density at radius 2 is 2.17 bits per heavy atom. The minimum absolute atomic E-state index is 0.293. The van der Waals surface area contributed by atoms with E-state index in [0.717, 1.165) is 18.5 Å². The van der Waals surface area contributed by atoms with E-state index in [1.54, 1.807) is 0 Å². The highest BCUT2D eigenvalue weighted by Crippen LogP contribution is 2.19. The summed E-state index contributed by atoms with van der Waals surface area (Å²) in [7, 11) is 3.97. The van der Waals surface area contributed by atoms with Gasteiger partial charge in [0.05, 0.1) is 5.69 Å². The maximum Gasteiger partial charge on any atom is 0.0602 e. The molecule has 0 saturated heterocycles. The third-order valence-corrected chi connectivity index (χ3v) is 3.34. The van der Waals surface area contributed by atoms with Crippen LogP contribution in [0.4, 0.5) is 0 Å². The zero-order valence-corrected chi connectivity index (χ0v) is 11.2. The molecule has 0 aliphatic carbocycles. The van der Waals surface area contributed by atoms with E-state index in [1.807, 2.05) is 37.2 Å². The third-order valence-electron chi connectivity index (χ3n) is 3.34. The first-order chi connectivity index (χ1) is 8.72. The van der Waals surface area contributed by atoms with Crippen LogP contribution in [0.5, 0.6) is 0 Å². The Bertz CT molecular complexity index is 504. The highest BCUT2D eigenvalue weighted by Gasteiger charge is 2.13. The maximum absolute atomic E-state index is 4.49. The maximum atomic E-state index is 4.49. The van der Waals surface area contributed by atoms with Gasteiger partial charge in [0.1, 0.15) is 0 Å². The van der Waals surface area contributed by atoms with Crippen molar-refractivity contribution in [3.05, 3.63) is 47.5 Å². The fourth-order valence-corrected chi connectivity index (χ4v) is 2.22. The predicted molar refractivity (Wildman–Crippen MR) is 72.3 cm³/mol. The van der Waals surface area contributed by atoms with Gasteiger partial charge in [0.15, 0.2) is 0 Å². The molecule has 4 heteroatoms. The number of nitrogens with one attached hydrogen (secondary N) is 1. The second-order valence-electron chi connectivity index (χ2n) is 4.53. The van der Waals surface area contributed by atoms with Crippen LogP contribution in [0.25, 0.3) is 0 Å². The van der Waals surface area contributed by atoms with Crippen molar-refractivity contribution in [2.75, 3.05) is 7.05 Å². The number of rotatable bonds is 5. The summed E-state index contributed by atoms with van der Waals surface area (Å²) in [5.74, 6) is 0. The minimum atomic E-state index is 0.293. The van der Waals surface area contributed by atoms with Crippen molar-refractivity contribution >= 4 is 0 Å². The SMILES string of the molecule is CNC(CCc1ccnn1C)c1ncccc1C. The highest BCUT2D eigenvalue weighted by molar-refractivity contribution is 5.21. The molecule has 1 N–H and O–H groups in total. The number of hydrogen-bond acceptors (Lipinski definition) is 3. The first-order valence-corrected chi connectivity index (χ1v) is 6.28. The van der Waals surface area contributed by atoms with Gasteiger partial charge in [0, 0.05) is 31.2 Å². The Morgan fingerprint density at radius 3 is 2.78 bits per heavy atom. The van der Waals surface area contributed by atoms with E-state index in [2.05, 4.69) is 34.5 Å². The van der Waals surface area contributed by atoms with Gasteiger partial charge in [0.25, 0.3) is 0 Å². The van der Waals surface area contributed by atoms with Gasteiger partial charge in [-0.05, 0) is 44.5 Å². The molecule has 2 heterocycles. The van der Waals surface area contributed by atoms with Gasteiger partial charge in [-0.25, -0.2) is 0 Å². The molecule has 0 amide bonds. The molecular formula is C14H20N4. The monoisotopic (exact) mass is 244 g/mol. The molecule has 0 radical (unpaired) electrons. The average molecular weight is 244 g/mol. The quantitative estimate of drug-likeness (QED) is 0.875. The number of hydrogen-bond donors (Lipinski definition) is 1. The topological polar surface area (TPSA) is 42.7 Å². The molecular weight excluding hydrogens is 224 g/mol. The van der Waals surface area contributed by atoms with Gasteiger partial charge in [-0.2, -0.15) is 5.10 Å². The van der Waals surface area contributed by atoms with Crippen molar-refractivity contribution < 1.29 is 0 Å². The Labute approximate surface area is 108 Å². The largest absolute Gasteiger partial charge is 0.312 e. The summed E-state index contributed by atoms with van der Waals surface area (Å²) < 4.78 is 1.93. The van der Waals surface area contributed by atoms with Gasteiger partial charge >= 0.3 is 0 Å². The summed E-state index contributed by atoms with van der Waals surface area (Å²) >= 11 is 0. The molecule has 2 aromatic rings. The van der Waals surface area contributed by atoms with Crippen LogP contribution < -0.4 is 5.32 Å². The van der Waals surface area contributed by atoms with E-state index < -0.39 is 0 Å². The Balaban J connectivity index is 2.07. The van der Waals surface area contributed by atoms with E-state index in [1.165, 1.54) is 11.3 Å². The fourth-order valence-electron chi connectivity index (χ4n) is 2.22. The molecule has 2 aromatic heterocycles. The predicted octanol–water partition coefficient (Wildman–Crippen LogP) is 2.02. The molecule has 96 valence electrons. The van der Waals surface area contributed by atoms with Crippen molar-refractivity contribution in [3.63, 3.8) is 0 Å². The molecule has 0 aromatic carbocycles. The van der Waals surface area contributed by atoms with Gasteiger partial charge in [-0.1, -0.05) is 6.07 Å². The summed E-state index contributed by atoms with van der Waals surface area (Å²) in [4.78, 5) is 4.49. The summed E-state index contributed by atoms with van der Waals surface area (Å²) in [5.41, 5.74) is 3.63. The van der Waals surface area contributed by atoms with Crippen LogP contribution in [0.1, 0.15) is 29.4 Å². The van der Waals surface area contributed by atoms with E-state index in [9.17, 15) is 0 Å². The molecule has 0 bridgehead atoms. The van der Waals surface area contributed by atoms with Crippen molar-refractivity contribution in [1.29, 1.82) is 0 Å². The van der Waals surface area contributed by atoms with Gasteiger partial charge < -0.3 is 5.32 Å². The lowest BCUT2D eigenvalue weighted by atomic mass is 10.0. The molecule has 2 rings (SSSR count). The summed E-state index contributed by atoms with van der Waals surface area (Å²) in [5, 5.41) is 7.54. The molecule has 0 fully saturated rings. The second kappa shape index (κ2) is 5.78. The van der Waals surface area contributed by atoms with Crippen molar-refractivity contribution in [2.24, 2.45) is 7.05 Å². The summed E-state index contributed by atoms with van der Waals surface area (Å²) in [6.07, 6.45) is 5.72. The first kappa shape index (κ1) is 12.8. The first-order valence-electron chi connectivity index (χ1n) is 6.28. The zero-order chi connectivity index (χ0) is 13.0. The van der Waals surface area contributed by atoms with E-state index >= 15 is 0 Å². The normalized spacial score (nSPS) is 12.6. The van der Waals surface area contributed by atoms with Gasteiger partial charge in [-0.15, -0.1) is 0 Å². The molecule has 0 aliphatic rings. The van der Waals surface area contributed by atoms with Gasteiger partial charge in [-0.3, -0.25) is 9.67 Å². The fraction of sp³-hybridized carbons (Fsp3) is 0.429. The summed E-state index contributed by atoms with van der Waals surface area (Å²) in [6, 6.07) is 6.45. The smallest absolute Gasteiger partial charge is 0.0602 e. The van der Waals surface area contributed by atoms with Crippen LogP contribution in [0.3, 0.4) is 0 Å². The second-order valence-corrected chi connectivity index (χ2v) is 4.53. The minimum Gasteiger partial charge on any atom is -0.312 e. The van der Waals surface area contributed by atoms with Gasteiger partial charge in [0.2, 0.25) is 0 Å². The van der Waals surface area contributed by atoms with Crippen LogP contribution in [0.15, 0.2) is 30.6 Å². The summed E-state index contributed by atoms with van der Waals surface area (Å²) in [6.45, 7) is 2.11.